The second-order valence-electron chi connectivity index (χ2n) is 10.9. The number of fused-ring (bicyclic) bond motifs is 1. The van der Waals surface area contributed by atoms with Crippen molar-refractivity contribution in [2.75, 3.05) is 37.0 Å². The first-order valence-corrected chi connectivity index (χ1v) is 13.6. The van der Waals surface area contributed by atoms with Crippen LogP contribution >= 0.6 is 0 Å². The summed E-state index contributed by atoms with van der Waals surface area (Å²) in [7, 11) is 1.57. The number of likely N-dealkylation sites (tertiary alicyclic amines) is 1. The summed E-state index contributed by atoms with van der Waals surface area (Å²) in [5.41, 5.74) is -0.199. The average molecular weight is 515 g/mol. The molecule has 2 bridgehead atoms. The van der Waals surface area contributed by atoms with Crippen LogP contribution in [0.2, 0.25) is 0 Å². The highest BCUT2D eigenvalue weighted by Gasteiger charge is 2.79. The average Bonchev–Trinajstić information content (AvgIpc) is 3.49. The minimum Gasteiger partial charge on any atom is -0.394 e. The molecule has 1 spiro atoms. The number of carbonyl (C=O) groups is 3. The normalized spacial score (nSPS) is 31.0. The van der Waals surface area contributed by atoms with Gasteiger partial charge in [0.2, 0.25) is 17.7 Å². The van der Waals surface area contributed by atoms with Gasteiger partial charge in [-0.15, -0.1) is 0 Å². The molecule has 3 amide bonds. The summed E-state index contributed by atoms with van der Waals surface area (Å²) >= 11 is 0. The lowest BCUT2D eigenvalue weighted by molar-refractivity contribution is -0.150. The lowest BCUT2D eigenvalue weighted by atomic mass is 9.65. The Morgan fingerprint density at radius 1 is 1.14 bits per heavy atom. The predicted octanol–water partition coefficient (Wildman–Crippen LogP) is 2.39. The molecule has 6 atom stereocenters. The second-order valence-corrected chi connectivity index (χ2v) is 10.9. The fraction of sp³-hybridized carbons (Fsp3) is 0.679. The minimum atomic E-state index is -1.11. The number of aliphatic hydroxyl groups excluding tert-OH is 1. The number of rotatable bonds is 10. The van der Waals surface area contributed by atoms with Crippen LogP contribution in [-0.2, 0) is 19.1 Å². The fourth-order valence-corrected chi connectivity index (χ4v) is 7.04. The number of ether oxygens (including phenoxy) is 1. The van der Waals surface area contributed by atoms with Crippen molar-refractivity contribution in [2.45, 2.75) is 77.2 Å². The van der Waals surface area contributed by atoms with E-state index in [2.05, 4.69) is 29.4 Å². The minimum absolute atomic E-state index is 0.0939. The highest BCUT2D eigenvalue weighted by Crippen LogP contribution is 2.64. The van der Waals surface area contributed by atoms with E-state index < -0.39 is 35.1 Å². The van der Waals surface area contributed by atoms with Crippen molar-refractivity contribution in [2.24, 2.45) is 17.8 Å². The molecule has 1 aromatic carbocycles. The molecule has 3 aliphatic rings. The molecule has 0 aliphatic carbocycles. The maximum Gasteiger partial charge on any atom is 0.250 e. The van der Waals surface area contributed by atoms with E-state index in [0.29, 0.717) is 24.9 Å². The van der Waals surface area contributed by atoms with Crippen molar-refractivity contribution < 1.29 is 24.2 Å². The standard InChI is InChI=1S/C28H42N4O5/c1-7-27-14-15-28(37-27)22(21(27)24(34)29-6)26(36)32(20(16-33)17(4)5)23(28)25(35)30-18-10-12-19(13-11-18)31(8-2)9-3/h10-13,17,20-23,33H,7-9,14-16H2,1-6H3,(H,29,34)(H,30,35)/t20-,21-,22-,23?,27+,28?/m0/s1. The maximum absolute atomic E-state index is 14.1. The topological polar surface area (TPSA) is 111 Å². The Kier molecular flexibility index (Phi) is 7.59. The first-order valence-electron chi connectivity index (χ1n) is 13.6. The van der Waals surface area contributed by atoms with Crippen LogP contribution in [0.3, 0.4) is 0 Å². The van der Waals surface area contributed by atoms with Gasteiger partial charge in [-0.25, -0.2) is 0 Å². The van der Waals surface area contributed by atoms with E-state index in [1.54, 1.807) is 7.05 Å². The Morgan fingerprint density at radius 2 is 1.78 bits per heavy atom. The molecule has 0 aromatic heterocycles. The number of nitrogens with zero attached hydrogens (tertiary/aromatic N) is 2. The number of hydrogen-bond acceptors (Lipinski definition) is 6. The van der Waals surface area contributed by atoms with E-state index in [1.807, 2.05) is 45.0 Å². The molecule has 3 saturated heterocycles. The SMILES string of the molecule is CCN(CC)c1ccc(NC(=O)C2N([C@@H](CO)C(C)C)C(=O)[C@@H]3[C@@H](C(=O)NC)[C@@]4(CC)CCC23O4)cc1. The Balaban J connectivity index is 1.73. The smallest absolute Gasteiger partial charge is 0.250 e. The van der Waals surface area contributed by atoms with Crippen LogP contribution < -0.4 is 15.5 Å². The summed E-state index contributed by atoms with van der Waals surface area (Å²) in [6.07, 6.45) is 1.69. The van der Waals surface area contributed by atoms with E-state index in [1.165, 1.54) is 4.90 Å². The van der Waals surface area contributed by atoms with Crippen molar-refractivity contribution >= 4 is 29.1 Å². The van der Waals surface area contributed by atoms with Crippen LogP contribution in [0.15, 0.2) is 24.3 Å². The van der Waals surface area contributed by atoms with Gasteiger partial charge in [-0.1, -0.05) is 20.8 Å². The fourth-order valence-electron chi connectivity index (χ4n) is 7.04. The zero-order valence-corrected chi connectivity index (χ0v) is 22.9. The third-order valence-corrected chi connectivity index (χ3v) is 8.97. The van der Waals surface area contributed by atoms with E-state index in [-0.39, 0.29) is 30.2 Å². The van der Waals surface area contributed by atoms with E-state index >= 15 is 0 Å². The number of carbonyl (C=O) groups excluding carboxylic acids is 3. The zero-order valence-electron chi connectivity index (χ0n) is 22.9. The summed E-state index contributed by atoms with van der Waals surface area (Å²) in [5.74, 6) is -2.41. The van der Waals surface area contributed by atoms with Gasteiger partial charge in [0.15, 0.2) is 0 Å². The third kappa shape index (κ3) is 4.11. The quantitative estimate of drug-likeness (QED) is 0.442. The molecular weight excluding hydrogens is 472 g/mol. The second kappa shape index (κ2) is 10.3. The van der Waals surface area contributed by atoms with Gasteiger partial charge in [0.25, 0.3) is 0 Å². The lowest BCUT2D eigenvalue weighted by Gasteiger charge is -2.38. The van der Waals surface area contributed by atoms with Gasteiger partial charge >= 0.3 is 0 Å². The van der Waals surface area contributed by atoms with Gasteiger partial charge < -0.3 is 30.3 Å². The summed E-state index contributed by atoms with van der Waals surface area (Å²) in [5, 5.41) is 16.0. The number of hydrogen-bond donors (Lipinski definition) is 3. The van der Waals surface area contributed by atoms with Crippen LogP contribution in [0.25, 0.3) is 0 Å². The molecule has 2 unspecified atom stereocenters. The lowest BCUT2D eigenvalue weighted by Crippen LogP contribution is -2.57. The molecule has 3 fully saturated rings. The predicted molar refractivity (Wildman–Crippen MR) is 142 cm³/mol. The van der Waals surface area contributed by atoms with Crippen molar-refractivity contribution in [1.29, 1.82) is 0 Å². The monoisotopic (exact) mass is 514 g/mol. The largest absolute Gasteiger partial charge is 0.394 e. The van der Waals surface area contributed by atoms with Gasteiger partial charge in [0, 0.05) is 31.5 Å². The molecule has 37 heavy (non-hydrogen) atoms. The Labute approximate surface area is 219 Å². The molecule has 4 rings (SSSR count). The van der Waals surface area contributed by atoms with E-state index in [4.69, 9.17) is 4.74 Å². The molecule has 9 nitrogen and oxygen atoms in total. The van der Waals surface area contributed by atoms with Gasteiger partial charge in [0.05, 0.1) is 30.1 Å². The molecule has 0 saturated carbocycles. The van der Waals surface area contributed by atoms with Crippen LogP contribution in [0.4, 0.5) is 11.4 Å². The molecular formula is C28H42N4O5. The molecule has 3 N–H and O–H groups in total. The van der Waals surface area contributed by atoms with Crippen molar-refractivity contribution in [3.05, 3.63) is 24.3 Å². The summed E-state index contributed by atoms with van der Waals surface area (Å²) in [6, 6.07) is 6.14. The number of anilines is 2. The highest BCUT2D eigenvalue weighted by atomic mass is 16.5. The van der Waals surface area contributed by atoms with Crippen molar-refractivity contribution in [3.8, 4) is 0 Å². The number of aliphatic hydroxyl groups is 1. The van der Waals surface area contributed by atoms with Crippen LogP contribution in [-0.4, -0.2) is 77.8 Å². The molecule has 0 radical (unpaired) electrons. The van der Waals surface area contributed by atoms with E-state index in [9.17, 15) is 19.5 Å². The number of nitrogens with one attached hydrogen (secondary N) is 2. The Bertz CT molecular complexity index is 1030. The maximum atomic E-state index is 14.1. The van der Waals surface area contributed by atoms with Gasteiger partial charge in [-0.05, 0) is 63.3 Å². The van der Waals surface area contributed by atoms with Crippen molar-refractivity contribution in [3.63, 3.8) is 0 Å². The summed E-state index contributed by atoms with van der Waals surface area (Å²) in [6.45, 7) is 11.5. The van der Waals surface area contributed by atoms with Crippen LogP contribution in [0.5, 0.6) is 0 Å². The first-order chi connectivity index (χ1) is 17.6. The molecule has 9 heteroatoms. The third-order valence-electron chi connectivity index (χ3n) is 8.97. The van der Waals surface area contributed by atoms with E-state index in [0.717, 1.165) is 18.8 Å². The summed E-state index contributed by atoms with van der Waals surface area (Å²) in [4.78, 5) is 45.0. The Morgan fingerprint density at radius 3 is 2.30 bits per heavy atom. The highest BCUT2D eigenvalue weighted by molar-refractivity contribution is 6.04. The number of benzene rings is 1. The van der Waals surface area contributed by atoms with Gasteiger partial charge in [0.1, 0.15) is 11.6 Å². The number of amides is 3. The van der Waals surface area contributed by atoms with Gasteiger partial charge in [-0.3, -0.25) is 14.4 Å². The summed E-state index contributed by atoms with van der Waals surface area (Å²) < 4.78 is 6.71. The molecule has 3 aliphatic heterocycles. The van der Waals surface area contributed by atoms with Crippen LogP contribution in [0.1, 0.15) is 53.9 Å². The zero-order chi connectivity index (χ0) is 27.1. The van der Waals surface area contributed by atoms with Crippen LogP contribution in [0, 0.1) is 17.8 Å². The first kappa shape index (κ1) is 27.4. The van der Waals surface area contributed by atoms with Crippen molar-refractivity contribution in [1.82, 2.24) is 10.2 Å². The molecule has 3 heterocycles. The molecule has 1 aromatic rings. The molecule has 204 valence electrons. The van der Waals surface area contributed by atoms with Gasteiger partial charge in [-0.2, -0.15) is 0 Å². The Hall–Kier alpha value is -2.65.